The van der Waals surface area contributed by atoms with Crippen LogP contribution in [0.3, 0.4) is 0 Å². The van der Waals surface area contributed by atoms with Gasteiger partial charge in [0.2, 0.25) is 0 Å². The van der Waals surface area contributed by atoms with Crippen LogP contribution in [-0.2, 0) is 13.1 Å². The zero-order valence-corrected chi connectivity index (χ0v) is 17.4. The fraction of sp³-hybridized carbons (Fsp3) is 0.148. The molecule has 4 rings (SSSR count). The van der Waals surface area contributed by atoms with Gasteiger partial charge in [0.15, 0.2) is 0 Å². The molecule has 1 amide bonds. The summed E-state index contributed by atoms with van der Waals surface area (Å²) < 4.78 is 0. The average molecular weight is 395 g/mol. The summed E-state index contributed by atoms with van der Waals surface area (Å²) in [5.74, 6) is -0.0594. The number of carbonyl (C=O) groups is 1. The maximum Gasteiger partial charge on any atom is 0.251 e. The monoisotopic (exact) mass is 394 g/mol. The van der Waals surface area contributed by atoms with Gasteiger partial charge in [-0.1, -0.05) is 72.8 Å². The molecule has 0 aliphatic heterocycles. The molecule has 0 fully saturated rings. The molecule has 30 heavy (non-hydrogen) atoms. The lowest BCUT2D eigenvalue weighted by Gasteiger charge is -2.12. The van der Waals surface area contributed by atoms with Crippen LogP contribution in [0.4, 0.5) is 0 Å². The minimum absolute atomic E-state index is 0.0594. The van der Waals surface area contributed by atoms with E-state index in [2.05, 4.69) is 72.8 Å². The van der Waals surface area contributed by atoms with E-state index in [0.29, 0.717) is 12.1 Å². The van der Waals surface area contributed by atoms with E-state index in [1.807, 2.05) is 42.5 Å². The molecule has 0 aliphatic rings. The molecule has 0 aromatic heterocycles. The van der Waals surface area contributed by atoms with E-state index in [4.69, 9.17) is 0 Å². The Balaban J connectivity index is 1.46. The van der Waals surface area contributed by atoms with Gasteiger partial charge in [0.25, 0.3) is 5.91 Å². The van der Waals surface area contributed by atoms with Gasteiger partial charge in [-0.3, -0.25) is 4.79 Å². The fourth-order valence-corrected chi connectivity index (χ4v) is 3.74. The van der Waals surface area contributed by atoms with Crippen molar-refractivity contribution >= 4 is 16.7 Å². The number of nitrogens with one attached hydrogen (secondary N) is 1. The van der Waals surface area contributed by atoms with Crippen LogP contribution in [-0.4, -0.2) is 24.9 Å². The van der Waals surface area contributed by atoms with Crippen LogP contribution >= 0.6 is 0 Å². The molecule has 0 radical (unpaired) electrons. The first-order valence-corrected chi connectivity index (χ1v) is 10.2. The van der Waals surface area contributed by atoms with Crippen molar-refractivity contribution in [3.05, 3.63) is 108 Å². The van der Waals surface area contributed by atoms with Gasteiger partial charge in [-0.25, -0.2) is 0 Å². The number of hydrogen-bond donors (Lipinski definition) is 1. The highest BCUT2D eigenvalue weighted by atomic mass is 16.1. The molecule has 4 aromatic carbocycles. The molecule has 0 bridgehead atoms. The van der Waals surface area contributed by atoms with E-state index in [-0.39, 0.29) is 5.91 Å². The molecule has 0 atom stereocenters. The molecule has 0 heterocycles. The van der Waals surface area contributed by atoms with Crippen LogP contribution in [0.1, 0.15) is 21.5 Å². The summed E-state index contributed by atoms with van der Waals surface area (Å²) in [6, 6.07) is 30.7. The standard InChI is InChI=1S/C27H26N2O/c1-29(2)19-20-11-16-26-24(17-20)9-6-10-25(26)18-28-27(30)23-14-12-22(13-15-23)21-7-4-3-5-8-21/h3-17H,18-19H2,1-2H3,(H,28,30). The Labute approximate surface area is 178 Å². The Morgan fingerprint density at radius 3 is 2.27 bits per heavy atom. The second-order valence-electron chi connectivity index (χ2n) is 7.84. The number of amides is 1. The maximum absolute atomic E-state index is 12.7. The highest BCUT2D eigenvalue weighted by molar-refractivity contribution is 5.95. The van der Waals surface area contributed by atoms with Crippen molar-refractivity contribution in [1.82, 2.24) is 10.2 Å². The third-order valence-electron chi connectivity index (χ3n) is 5.23. The summed E-state index contributed by atoms with van der Waals surface area (Å²) in [5.41, 5.74) is 5.33. The van der Waals surface area contributed by atoms with E-state index in [1.54, 1.807) is 0 Å². The van der Waals surface area contributed by atoms with Crippen LogP contribution < -0.4 is 5.32 Å². The predicted octanol–water partition coefficient (Wildman–Crippen LogP) is 5.50. The van der Waals surface area contributed by atoms with Crippen molar-refractivity contribution in [1.29, 1.82) is 0 Å². The van der Waals surface area contributed by atoms with Gasteiger partial charge >= 0.3 is 0 Å². The number of hydrogen-bond acceptors (Lipinski definition) is 2. The Kier molecular flexibility index (Phi) is 5.92. The van der Waals surface area contributed by atoms with E-state index >= 15 is 0 Å². The lowest BCUT2D eigenvalue weighted by Crippen LogP contribution is -2.22. The first-order chi connectivity index (χ1) is 14.6. The highest BCUT2D eigenvalue weighted by Gasteiger charge is 2.08. The van der Waals surface area contributed by atoms with E-state index < -0.39 is 0 Å². The lowest BCUT2D eigenvalue weighted by atomic mass is 10.0. The van der Waals surface area contributed by atoms with Crippen molar-refractivity contribution in [2.45, 2.75) is 13.1 Å². The predicted molar refractivity (Wildman–Crippen MR) is 124 cm³/mol. The van der Waals surface area contributed by atoms with Crippen molar-refractivity contribution in [2.24, 2.45) is 0 Å². The molecule has 0 saturated heterocycles. The molecule has 0 unspecified atom stereocenters. The van der Waals surface area contributed by atoms with Crippen molar-refractivity contribution in [2.75, 3.05) is 14.1 Å². The SMILES string of the molecule is CN(C)Cc1ccc2c(CNC(=O)c3ccc(-c4ccccc4)cc3)cccc2c1. The van der Waals surface area contributed by atoms with Gasteiger partial charge in [-0.2, -0.15) is 0 Å². The van der Waals surface area contributed by atoms with E-state index in [9.17, 15) is 4.79 Å². The molecule has 3 nitrogen and oxygen atoms in total. The molecule has 0 aliphatic carbocycles. The van der Waals surface area contributed by atoms with Gasteiger partial charge in [0, 0.05) is 18.7 Å². The molecule has 4 aromatic rings. The topological polar surface area (TPSA) is 32.3 Å². The third-order valence-corrected chi connectivity index (χ3v) is 5.23. The fourth-order valence-electron chi connectivity index (χ4n) is 3.74. The van der Waals surface area contributed by atoms with Crippen molar-refractivity contribution < 1.29 is 4.79 Å². The molecule has 3 heteroatoms. The Hall–Kier alpha value is -3.43. The molecule has 1 N–H and O–H groups in total. The Bertz CT molecular complexity index is 1150. The molecular formula is C27H26N2O. The van der Waals surface area contributed by atoms with Gasteiger partial charge < -0.3 is 10.2 Å². The zero-order valence-electron chi connectivity index (χ0n) is 17.4. The quantitative estimate of drug-likeness (QED) is 0.468. The summed E-state index contributed by atoms with van der Waals surface area (Å²) in [6.45, 7) is 1.42. The number of rotatable bonds is 6. The zero-order chi connectivity index (χ0) is 20.9. The number of carbonyl (C=O) groups excluding carboxylic acids is 1. The average Bonchev–Trinajstić information content (AvgIpc) is 2.77. The minimum Gasteiger partial charge on any atom is -0.348 e. The Morgan fingerprint density at radius 1 is 0.800 bits per heavy atom. The maximum atomic E-state index is 12.7. The molecule has 150 valence electrons. The largest absolute Gasteiger partial charge is 0.348 e. The van der Waals surface area contributed by atoms with Crippen molar-refractivity contribution in [3.8, 4) is 11.1 Å². The highest BCUT2D eigenvalue weighted by Crippen LogP contribution is 2.22. The normalized spacial score (nSPS) is 11.0. The van der Waals surface area contributed by atoms with Crippen molar-refractivity contribution in [3.63, 3.8) is 0 Å². The van der Waals surface area contributed by atoms with Crippen LogP contribution in [0.25, 0.3) is 21.9 Å². The van der Waals surface area contributed by atoms with Gasteiger partial charge in [0.1, 0.15) is 0 Å². The van der Waals surface area contributed by atoms with E-state index in [1.165, 1.54) is 16.3 Å². The number of fused-ring (bicyclic) bond motifs is 1. The van der Waals surface area contributed by atoms with Gasteiger partial charge in [-0.05, 0) is 65.3 Å². The first kappa shape index (κ1) is 19.9. The summed E-state index contributed by atoms with van der Waals surface area (Å²) >= 11 is 0. The summed E-state index contributed by atoms with van der Waals surface area (Å²) in [5, 5.41) is 5.45. The smallest absolute Gasteiger partial charge is 0.251 e. The van der Waals surface area contributed by atoms with Gasteiger partial charge in [-0.15, -0.1) is 0 Å². The Morgan fingerprint density at radius 2 is 1.53 bits per heavy atom. The van der Waals surface area contributed by atoms with E-state index in [0.717, 1.165) is 23.2 Å². The minimum atomic E-state index is -0.0594. The van der Waals surface area contributed by atoms with Crippen LogP contribution in [0.2, 0.25) is 0 Å². The second-order valence-corrected chi connectivity index (χ2v) is 7.84. The molecular weight excluding hydrogens is 368 g/mol. The lowest BCUT2D eigenvalue weighted by molar-refractivity contribution is 0.0951. The van der Waals surface area contributed by atoms with Crippen LogP contribution in [0.5, 0.6) is 0 Å². The summed E-state index contributed by atoms with van der Waals surface area (Å²) in [6.07, 6.45) is 0. The molecule has 0 saturated carbocycles. The number of nitrogens with zero attached hydrogens (tertiary/aromatic N) is 1. The van der Waals surface area contributed by atoms with Crippen LogP contribution in [0, 0.1) is 0 Å². The summed E-state index contributed by atoms with van der Waals surface area (Å²) in [7, 11) is 4.14. The second kappa shape index (κ2) is 8.93. The third kappa shape index (κ3) is 4.58. The molecule has 0 spiro atoms. The first-order valence-electron chi connectivity index (χ1n) is 10.2. The number of benzene rings is 4. The van der Waals surface area contributed by atoms with Gasteiger partial charge in [0.05, 0.1) is 0 Å². The van der Waals surface area contributed by atoms with Crippen LogP contribution in [0.15, 0.2) is 91.0 Å². The summed E-state index contributed by atoms with van der Waals surface area (Å²) in [4.78, 5) is 14.8.